The van der Waals surface area contributed by atoms with Gasteiger partial charge in [-0.25, -0.2) is 22.5 Å². The van der Waals surface area contributed by atoms with Crippen LogP contribution in [-0.4, -0.2) is 28.2 Å². The van der Waals surface area contributed by atoms with Gasteiger partial charge in [0.15, 0.2) is 34.8 Å². The van der Waals surface area contributed by atoms with Gasteiger partial charge in [-0.05, 0) is 6.42 Å². The highest BCUT2D eigenvalue weighted by Crippen LogP contribution is 2.30. The zero-order chi connectivity index (χ0) is 20.2. The van der Waals surface area contributed by atoms with Crippen molar-refractivity contribution in [2.24, 2.45) is 0 Å². The molecule has 1 heterocycles. The number of rotatable bonds is 7. The van der Waals surface area contributed by atoms with Crippen molar-refractivity contribution in [3.63, 3.8) is 0 Å². The molecule has 0 amide bonds. The van der Waals surface area contributed by atoms with E-state index in [1.165, 1.54) is 0 Å². The van der Waals surface area contributed by atoms with Crippen molar-refractivity contribution in [1.29, 1.82) is 0 Å². The second-order valence-electron chi connectivity index (χ2n) is 5.06. The summed E-state index contributed by atoms with van der Waals surface area (Å²) in [6.45, 7) is -0.189. The van der Waals surface area contributed by atoms with Crippen LogP contribution in [0.4, 0.5) is 48.2 Å². The average Bonchev–Trinajstić information content (AvgIpc) is 2.59. The fourth-order valence-corrected chi connectivity index (χ4v) is 1.82. The summed E-state index contributed by atoms with van der Waals surface area (Å²) in [5.74, 6) is -8.06. The number of alkyl halides is 3. The molecule has 0 aliphatic heterocycles. The number of aliphatic hydroxyl groups excluding tert-OH is 1. The number of halogens is 7. The molecule has 0 saturated carbocycles. The molecule has 0 spiro atoms. The molecule has 0 aliphatic rings. The Kier molecular flexibility index (Phi) is 6.25. The Labute approximate surface area is 147 Å². The van der Waals surface area contributed by atoms with Gasteiger partial charge in [-0.2, -0.15) is 18.2 Å². The average molecular weight is 399 g/mol. The minimum absolute atomic E-state index is 0.0223. The Bertz CT molecular complexity index is 789. The van der Waals surface area contributed by atoms with E-state index in [-0.39, 0.29) is 25.6 Å². The number of aromatic nitrogens is 2. The molecule has 27 heavy (non-hydrogen) atoms. The molecule has 0 unspecified atom stereocenters. The zero-order valence-corrected chi connectivity index (χ0v) is 13.3. The van der Waals surface area contributed by atoms with E-state index < -0.39 is 52.6 Å². The number of benzene rings is 1. The Morgan fingerprint density at radius 2 is 1.56 bits per heavy atom. The van der Waals surface area contributed by atoms with Gasteiger partial charge in [0.05, 0.1) is 0 Å². The van der Waals surface area contributed by atoms with Crippen LogP contribution >= 0.6 is 0 Å². The number of nitrogens with zero attached hydrogens (tertiary/aromatic N) is 2. The van der Waals surface area contributed by atoms with Crippen LogP contribution in [0, 0.1) is 23.3 Å². The van der Waals surface area contributed by atoms with Crippen molar-refractivity contribution in [1.82, 2.24) is 9.97 Å². The number of aliphatic hydroxyl groups is 1. The second kappa shape index (κ2) is 8.24. The van der Waals surface area contributed by atoms with E-state index in [4.69, 9.17) is 5.11 Å². The maximum atomic E-state index is 13.6. The van der Waals surface area contributed by atoms with Crippen LogP contribution < -0.4 is 16.2 Å². The molecule has 2 aromatic rings. The highest BCUT2D eigenvalue weighted by atomic mass is 19.4. The van der Waals surface area contributed by atoms with Gasteiger partial charge in [0.1, 0.15) is 5.69 Å². The molecule has 6 nitrogen and oxygen atoms in total. The van der Waals surface area contributed by atoms with Gasteiger partial charge >= 0.3 is 6.18 Å². The maximum absolute atomic E-state index is 13.6. The van der Waals surface area contributed by atoms with Gasteiger partial charge < -0.3 is 10.4 Å². The van der Waals surface area contributed by atoms with Crippen molar-refractivity contribution >= 4 is 17.5 Å². The minimum Gasteiger partial charge on any atom is -0.396 e. The standard InChI is InChI=1S/C14H12F7N5O/c15-6-4-7(16)11(18)12(10(6)17)26-25-9-5-8(14(19,20)21)23-13(24-9)22-2-1-3-27/h4-5,26-27H,1-3H2,(H2,22,23,24,25). The van der Waals surface area contributed by atoms with Crippen LogP contribution in [0.1, 0.15) is 12.1 Å². The van der Waals surface area contributed by atoms with Crippen molar-refractivity contribution in [3.05, 3.63) is 41.1 Å². The van der Waals surface area contributed by atoms with E-state index in [0.717, 1.165) is 0 Å². The molecule has 148 valence electrons. The lowest BCUT2D eigenvalue weighted by Gasteiger charge is -2.14. The Morgan fingerprint density at radius 1 is 0.926 bits per heavy atom. The first-order valence-corrected chi connectivity index (χ1v) is 7.29. The topological polar surface area (TPSA) is 82.1 Å². The third-order valence-electron chi connectivity index (χ3n) is 3.06. The van der Waals surface area contributed by atoms with Crippen LogP contribution in [0.5, 0.6) is 0 Å². The van der Waals surface area contributed by atoms with Crippen molar-refractivity contribution in [3.8, 4) is 0 Å². The third-order valence-corrected chi connectivity index (χ3v) is 3.06. The third kappa shape index (κ3) is 5.09. The molecule has 0 bridgehead atoms. The fraction of sp³-hybridized carbons (Fsp3) is 0.286. The molecule has 4 N–H and O–H groups in total. The van der Waals surface area contributed by atoms with Gasteiger partial charge in [-0.1, -0.05) is 0 Å². The molecule has 0 atom stereocenters. The van der Waals surface area contributed by atoms with E-state index in [0.29, 0.717) is 6.07 Å². The molecule has 2 rings (SSSR count). The highest BCUT2D eigenvalue weighted by Gasteiger charge is 2.34. The van der Waals surface area contributed by atoms with Crippen LogP contribution in [-0.2, 0) is 6.18 Å². The number of hydrogen-bond acceptors (Lipinski definition) is 6. The van der Waals surface area contributed by atoms with Crippen LogP contribution in [0.15, 0.2) is 12.1 Å². The molecule has 1 aromatic heterocycles. The number of nitrogens with one attached hydrogen (secondary N) is 3. The van der Waals surface area contributed by atoms with Gasteiger partial charge in [0.2, 0.25) is 5.95 Å². The normalized spacial score (nSPS) is 11.4. The first-order valence-electron chi connectivity index (χ1n) is 7.29. The largest absolute Gasteiger partial charge is 0.433 e. The number of hydrogen-bond donors (Lipinski definition) is 4. The summed E-state index contributed by atoms with van der Waals surface area (Å²) in [5, 5.41) is 11.1. The summed E-state index contributed by atoms with van der Waals surface area (Å²) >= 11 is 0. The molecular weight excluding hydrogens is 387 g/mol. The summed E-state index contributed by atoms with van der Waals surface area (Å²) in [4.78, 5) is 6.86. The van der Waals surface area contributed by atoms with Gasteiger partial charge in [-0.15, -0.1) is 0 Å². The lowest BCUT2D eigenvalue weighted by molar-refractivity contribution is -0.141. The number of anilines is 3. The van der Waals surface area contributed by atoms with Crippen molar-refractivity contribution in [2.75, 3.05) is 29.3 Å². The second-order valence-corrected chi connectivity index (χ2v) is 5.06. The van der Waals surface area contributed by atoms with E-state index in [2.05, 4.69) is 15.3 Å². The molecule has 0 saturated heterocycles. The van der Waals surface area contributed by atoms with Crippen molar-refractivity contribution in [2.45, 2.75) is 12.6 Å². The maximum Gasteiger partial charge on any atom is 0.433 e. The lowest BCUT2D eigenvalue weighted by Crippen LogP contribution is -2.18. The minimum atomic E-state index is -4.87. The fourth-order valence-electron chi connectivity index (χ4n) is 1.82. The summed E-state index contributed by atoms with van der Waals surface area (Å²) in [5.41, 5.74) is 1.01. The van der Waals surface area contributed by atoms with E-state index in [1.54, 1.807) is 5.43 Å². The summed E-state index contributed by atoms with van der Waals surface area (Å²) in [6, 6.07) is 0.390. The Morgan fingerprint density at radius 3 is 2.11 bits per heavy atom. The Balaban J connectivity index is 2.29. The lowest BCUT2D eigenvalue weighted by atomic mass is 10.2. The predicted molar refractivity (Wildman–Crippen MR) is 80.7 cm³/mol. The van der Waals surface area contributed by atoms with Gasteiger partial charge in [0, 0.05) is 25.3 Å². The quantitative estimate of drug-likeness (QED) is 0.248. The SMILES string of the molecule is OCCCNc1nc(NNc2c(F)c(F)cc(F)c2F)cc(C(F)(F)F)n1. The summed E-state index contributed by atoms with van der Waals surface area (Å²) < 4.78 is 92.2. The predicted octanol–water partition coefficient (Wildman–Crippen LogP) is 3.29. The smallest absolute Gasteiger partial charge is 0.396 e. The molecule has 0 aliphatic carbocycles. The van der Waals surface area contributed by atoms with E-state index in [9.17, 15) is 30.7 Å². The Hall–Kier alpha value is -2.83. The first-order chi connectivity index (χ1) is 12.6. The van der Waals surface area contributed by atoms with Crippen molar-refractivity contribution < 1.29 is 35.8 Å². The van der Waals surface area contributed by atoms with Crippen LogP contribution in [0.2, 0.25) is 0 Å². The summed E-state index contributed by atoms with van der Waals surface area (Å²) in [7, 11) is 0. The molecular formula is C14H12F7N5O. The molecule has 1 aromatic carbocycles. The molecule has 0 fully saturated rings. The van der Waals surface area contributed by atoms with E-state index >= 15 is 0 Å². The number of hydrazine groups is 1. The highest BCUT2D eigenvalue weighted by molar-refractivity contribution is 5.53. The van der Waals surface area contributed by atoms with Gasteiger partial charge in [0.25, 0.3) is 0 Å². The first kappa shape index (κ1) is 20.5. The van der Waals surface area contributed by atoms with E-state index in [1.807, 2.05) is 5.43 Å². The molecule has 0 radical (unpaired) electrons. The molecule has 13 heteroatoms. The van der Waals surface area contributed by atoms with Crippen LogP contribution in [0.3, 0.4) is 0 Å². The zero-order valence-electron chi connectivity index (χ0n) is 13.3. The summed E-state index contributed by atoms with van der Waals surface area (Å²) in [6.07, 6.45) is -4.67. The van der Waals surface area contributed by atoms with Gasteiger partial charge in [-0.3, -0.25) is 10.9 Å². The monoisotopic (exact) mass is 399 g/mol. The van der Waals surface area contributed by atoms with Crippen LogP contribution in [0.25, 0.3) is 0 Å².